The predicted octanol–water partition coefficient (Wildman–Crippen LogP) is 0.927. The molecular weight excluding hydrogens is 284 g/mol. The molecule has 0 aliphatic carbocycles. The fourth-order valence-corrected chi connectivity index (χ4v) is 4.12. The van der Waals surface area contributed by atoms with Gasteiger partial charge in [-0.3, -0.25) is 4.79 Å². The number of hydrogen-bond acceptors (Lipinski definition) is 4. The van der Waals surface area contributed by atoms with E-state index in [0.29, 0.717) is 18.5 Å². The van der Waals surface area contributed by atoms with Gasteiger partial charge in [0.1, 0.15) is 10.9 Å². The number of anilines is 1. The van der Waals surface area contributed by atoms with E-state index >= 15 is 0 Å². The summed E-state index contributed by atoms with van der Waals surface area (Å²) < 4.78 is 23.7. The van der Waals surface area contributed by atoms with Crippen molar-refractivity contribution in [3.63, 3.8) is 0 Å². The van der Waals surface area contributed by atoms with Crippen LogP contribution >= 0.6 is 0 Å². The zero-order chi connectivity index (χ0) is 14.9. The van der Waals surface area contributed by atoms with Crippen molar-refractivity contribution in [2.24, 2.45) is 0 Å². The van der Waals surface area contributed by atoms with E-state index in [4.69, 9.17) is 5.11 Å². The van der Waals surface area contributed by atoms with Crippen LogP contribution in [0.25, 0.3) is 0 Å². The topological polar surface area (TPSA) is 116 Å². The number of hydrogen-bond donors (Lipinski definition) is 3. The molecule has 1 atom stereocenters. The van der Waals surface area contributed by atoms with Gasteiger partial charge in [-0.2, -0.15) is 0 Å². The van der Waals surface area contributed by atoms with Crippen molar-refractivity contribution in [2.75, 3.05) is 11.1 Å². The van der Waals surface area contributed by atoms with Crippen LogP contribution in [0.4, 0.5) is 5.69 Å². The molecule has 1 fully saturated rings. The third-order valence-electron chi connectivity index (χ3n) is 3.30. The Morgan fingerprint density at radius 1 is 1.40 bits per heavy atom. The van der Waals surface area contributed by atoms with Gasteiger partial charge in [0, 0.05) is 5.69 Å². The summed E-state index contributed by atoms with van der Waals surface area (Å²) in [6.07, 6.45) is 1.52. The zero-order valence-corrected chi connectivity index (χ0v) is 11.8. The third-order valence-corrected chi connectivity index (χ3v) is 5.47. The maximum atomic E-state index is 12.1. The molecular formula is C12H16N2O5S. The van der Waals surface area contributed by atoms with E-state index in [9.17, 15) is 18.0 Å². The van der Waals surface area contributed by atoms with Gasteiger partial charge in [-0.25, -0.2) is 13.2 Å². The smallest absolute Gasteiger partial charge is 0.354 e. The van der Waals surface area contributed by atoms with E-state index in [0.717, 1.165) is 0 Å². The Bertz CT molecular complexity index is 647. The van der Waals surface area contributed by atoms with Crippen molar-refractivity contribution in [3.05, 3.63) is 17.5 Å². The van der Waals surface area contributed by atoms with Crippen LogP contribution in [0.15, 0.2) is 6.07 Å². The molecule has 1 saturated heterocycles. The van der Waals surface area contributed by atoms with E-state index in [1.807, 2.05) is 0 Å². The number of amides is 1. The standard InChI is InChI=1S/C12H16N2O5S/c1-7-6-8(10(13-7)12(16)17)14-11(15)9-4-2-3-5-20(9,18)19/h6,9,13H,2-5H2,1H3,(H,14,15)(H,16,17). The molecule has 0 bridgehead atoms. The second-order valence-electron chi connectivity index (χ2n) is 4.89. The van der Waals surface area contributed by atoms with Gasteiger partial charge in [0.25, 0.3) is 0 Å². The molecule has 20 heavy (non-hydrogen) atoms. The molecule has 1 amide bonds. The molecule has 3 N–H and O–H groups in total. The van der Waals surface area contributed by atoms with Gasteiger partial charge in [0.2, 0.25) is 5.91 Å². The van der Waals surface area contributed by atoms with Gasteiger partial charge in [-0.05, 0) is 25.8 Å². The van der Waals surface area contributed by atoms with Crippen LogP contribution in [0.5, 0.6) is 0 Å². The molecule has 0 saturated carbocycles. The average Bonchev–Trinajstić information content (AvgIpc) is 2.69. The van der Waals surface area contributed by atoms with Crippen molar-refractivity contribution < 1.29 is 23.1 Å². The highest BCUT2D eigenvalue weighted by molar-refractivity contribution is 7.92. The summed E-state index contributed by atoms with van der Waals surface area (Å²) in [5.74, 6) is -1.87. The molecule has 1 unspecified atom stereocenters. The van der Waals surface area contributed by atoms with Crippen LogP contribution in [0, 0.1) is 6.92 Å². The lowest BCUT2D eigenvalue weighted by Crippen LogP contribution is -2.39. The molecule has 0 aromatic carbocycles. The summed E-state index contributed by atoms with van der Waals surface area (Å²) in [6.45, 7) is 1.65. The number of carbonyl (C=O) groups excluding carboxylic acids is 1. The highest BCUT2D eigenvalue weighted by Gasteiger charge is 2.35. The number of aromatic amines is 1. The Morgan fingerprint density at radius 2 is 2.10 bits per heavy atom. The molecule has 0 spiro atoms. The first-order valence-electron chi connectivity index (χ1n) is 6.26. The minimum atomic E-state index is -3.44. The third kappa shape index (κ3) is 2.84. The van der Waals surface area contributed by atoms with Crippen molar-refractivity contribution in [3.8, 4) is 0 Å². The zero-order valence-electron chi connectivity index (χ0n) is 11.0. The maximum Gasteiger partial charge on any atom is 0.354 e. The van der Waals surface area contributed by atoms with Gasteiger partial charge < -0.3 is 15.4 Å². The second-order valence-corrected chi connectivity index (χ2v) is 7.19. The SMILES string of the molecule is Cc1cc(NC(=O)C2CCCCS2(=O)=O)c(C(=O)O)[nH]1. The molecule has 2 heterocycles. The van der Waals surface area contributed by atoms with E-state index in [-0.39, 0.29) is 23.6 Å². The monoisotopic (exact) mass is 300 g/mol. The number of H-pyrrole nitrogens is 1. The van der Waals surface area contributed by atoms with Crippen molar-refractivity contribution in [1.29, 1.82) is 0 Å². The summed E-state index contributed by atoms with van der Waals surface area (Å²) in [4.78, 5) is 25.7. The number of rotatable bonds is 3. The molecule has 7 nitrogen and oxygen atoms in total. The summed E-state index contributed by atoms with van der Waals surface area (Å²) in [6, 6.07) is 1.47. The van der Waals surface area contributed by atoms with E-state index in [1.165, 1.54) is 6.07 Å². The van der Waals surface area contributed by atoms with E-state index in [2.05, 4.69) is 10.3 Å². The van der Waals surface area contributed by atoms with Crippen molar-refractivity contribution >= 4 is 27.4 Å². The normalized spacial score (nSPS) is 21.4. The quantitative estimate of drug-likeness (QED) is 0.767. The van der Waals surface area contributed by atoms with Gasteiger partial charge in [0.05, 0.1) is 11.4 Å². The Morgan fingerprint density at radius 3 is 2.70 bits per heavy atom. The van der Waals surface area contributed by atoms with Crippen LogP contribution in [0.2, 0.25) is 0 Å². The molecule has 110 valence electrons. The Hall–Kier alpha value is -1.83. The van der Waals surface area contributed by atoms with Crippen LogP contribution in [0.3, 0.4) is 0 Å². The molecule has 1 aliphatic rings. The molecule has 1 aliphatic heterocycles. The number of sulfone groups is 1. The minimum Gasteiger partial charge on any atom is -0.477 e. The Kier molecular flexibility index (Phi) is 3.85. The molecule has 8 heteroatoms. The van der Waals surface area contributed by atoms with E-state index < -0.39 is 27.0 Å². The molecule has 1 aromatic heterocycles. The maximum absolute atomic E-state index is 12.1. The summed E-state index contributed by atoms with van der Waals surface area (Å²) in [7, 11) is -3.44. The highest BCUT2D eigenvalue weighted by Crippen LogP contribution is 2.23. The Labute approximate surface area is 116 Å². The molecule has 2 rings (SSSR count). The van der Waals surface area contributed by atoms with Crippen LogP contribution in [-0.2, 0) is 14.6 Å². The lowest BCUT2D eigenvalue weighted by Gasteiger charge is -2.21. The lowest BCUT2D eigenvalue weighted by molar-refractivity contribution is -0.116. The number of aryl methyl sites for hydroxylation is 1. The van der Waals surface area contributed by atoms with Crippen molar-refractivity contribution in [2.45, 2.75) is 31.4 Å². The number of nitrogens with one attached hydrogen (secondary N) is 2. The fraction of sp³-hybridized carbons (Fsp3) is 0.500. The van der Waals surface area contributed by atoms with Crippen LogP contribution in [0.1, 0.15) is 35.4 Å². The van der Waals surface area contributed by atoms with Crippen LogP contribution in [-0.4, -0.2) is 41.4 Å². The summed E-state index contributed by atoms with van der Waals surface area (Å²) in [5, 5.41) is 10.3. The number of carboxylic acid groups (broad SMARTS) is 1. The molecule has 1 aromatic rings. The predicted molar refractivity (Wildman–Crippen MR) is 72.5 cm³/mol. The van der Waals surface area contributed by atoms with Gasteiger partial charge in [-0.1, -0.05) is 6.42 Å². The number of aromatic carboxylic acids is 1. The summed E-state index contributed by atoms with van der Waals surface area (Å²) >= 11 is 0. The number of carboxylic acids is 1. The van der Waals surface area contributed by atoms with Gasteiger partial charge in [0.15, 0.2) is 9.84 Å². The Balaban J connectivity index is 2.22. The molecule has 0 radical (unpaired) electrons. The first kappa shape index (κ1) is 14.6. The number of carbonyl (C=O) groups is 2. The summed E-state index contributed by atoms with van der Waals surface area (Å²) in [5.41, 5.74) is 0.522. The first-order chi connectivity index (χ1) is 9.31. The van der Waals surface area contributed by atoms with Gasteiger partial charge >= 0.3 is 5.97 Å². The fourth-order valence-electron chi connectivity index (χ4n) is 2.32. The van der Waals surface area contributed by atoms with Gasteiger partial charge in [-0.15, -0.1) is 0 Å². The van der Waals surface area contributed by atoms with E-state index in [1.54, 1.807) is 6.92 Å². The second kappa shape index (κ2) is 5.28. The lowest BCUT2D eigenvalue weighted by atomic mass is 10.2. The first-order valence-corrected chi connectivity index (χ1v) is 7.98. The van der Waals surface area contributed by atoms with Crippen molar-refractivity contribution in [1.82, 2.24) is 4.98 Å². The average molecular weight is 300 g/mol. The largest absolute Gasteiger partial charge is 0.477 e. The highest BCUT2D eigenvalue weighted by atomic mass is 32.2. The van der Waals surface area contributed by atoms with Crippen LogP contribution < -0.4 is 5.32 Å². The number of aromatic nitrogens is 1. The minimum absolute atomic E-state index is 0.00301.